The molecule has 0 bridgehead atoms. The first-order valence-electron chi connectivity index (χ1n) is 4.91. The second-order valence-electron chi connectivity index (χ2n) is 3.47. The molecule has 0 atom stereocenters. The number of benzene rings is 1. The smallest absolute Gasteiger partial charge is 0.199 e. The molecule has 0 aliphatic heterocycles. The number of ketones is 1. The standard InChI is InChI=1S/C11H9ClFN3O/c1-7-11(10(17)6-12)14-15-16(7)9-4-2-8(13)3-5-9/h2-5H,6H2,1H3. The molecule has 2 rings (SSSR count). The van der Waals surface area contributed by atoms with Gasteiger partial charge in [-0.25, -0.2) is 9.07 Å². The quantitative estimate of drug-likeness (QED) is 0.622. The van der Waals surface area contributed by atoms with E-state index < -0.39 is 0 Å². The molecule has 0 aliphatic rings. The molecular formula is C11H9ClFN3O. The van der Waals surface area contributed by atoms with Crippen molar-refractivity contribution in [3.63, 3.8) is 0 Å². The van der Waals surface area contributed by atoms with E-state index in [9.17, 15) is 9.18 Å². The minimum absolute atomic E-state index is 0.136. The number of carbonyl (C=O) groups is 1. The van der Waals surface area contributed by atoms with Crippen LogP contribution in [0.2, 0.25) is 0 Å². The number of nitrogens with zero attached hydrogens (tertiary/aromatic N) is 3. The summed E-state index contributed by atoms with van der Waals surface area (Å²) in [4.78, 5) is 11.4. The van der Waals surface area contributed by atoms with Gasteiger partial charge in [-0.1, -0.05) is 5.21 Å². The second-order valence-corrected chi connectivity index (χ2v) is 3.74. The Labute approximate surface area is 102 Å². The van der Waals surface area contributed by atoms with Gasteiger partial charge in [-0.3, -0.25) is 4.79 Å². The van der Waals surface area contributed by atoms with Gasteiger partial charge in [0.2, 0.25) is 0 Å². The summed E-state index contributed by atoms with van der Waals surface area (Å²) < 4.78 is 14.2. The van der Waals surface area contributed by atoms with E-state index in [4.69, 9.17) is 11.6 Å². The molecule has 2 aromatic rings. The molecule has 0 N–H and O–H groups in total. The molecule has 0 radical (unpaired) electrons. The van der Waals surface area contributed by atoms with Crippen molar-refractivity contribution in [2.24, 2.45) is 0 Å². The van der Waals surface area contributed by atoms with Crippen molar-refractivity contribution in [1.82, 2.24) is 15.0 Å². The van der Waals surface area contributed by atoms with Gasteiger partial charge in [-0.2, -0.15) is 0 Å². The highest BCUT2D eigenvalue weighted by Crippen LogP contribution is 2.13. The summed E-state index contributed by atoms with van der Waals surface area (Å²) >= 11 is 5.46. The van der Waals surface area contributed by atoms with Crippen molar-refractivity contribution in [3.05, 3.63) is 41.5 Å². The molecule has 0 fully saturated rings. The van der Waals surface area contributed by atoms with Crippen molar-refractivity contribution in [2.45, 2.75) is 6.92 Å². The number of rotatable bonds is 3. The van der Waals surface area contributed by atoms with Gasteiger partial charge >= 0.3 is 0 Å². The Balaban J connectivity index is 2.44. The topological polar surface area (TPSA) is 47.8 Å². The minimum Gasteiger partial charge on any atom is -0.291 e. The molecule has 1 heterocycles. The molecule has 88 valence electrons. The van der Waals surface area contributed by atoms with E-state index in [2.05, 4.69) is 10.3 Å². The van der Waals surface area contributed by atoms with Gasteiger partial charge in [0.25, 0.3) is 0 Å². The van der Waals surface area contributed by atoms with E-state index in [1.807, 2.05) is 0 Å². The van der Waals surface area contributed by atoms with Crippen LogP contribution in [-0.4, -0.2) is 26.7 Å². The van der Waals surface area contributed by atoms with E-state index in [0.717, 1.165) is 0 Å². The first-order chi connectivity index (χ1) is 8.13. The van der Waals surface area contributed by atoms with Crippen LogP contribution in [-0.2, 0) is 0 Å². The van der Waals surface area contributed by atoms with E-state index in [0.29, 0.717) is 11.4 Å². The van der Waals surface area contributed by atoms with Gasteiger partial charge in [0.1, 0.15) is 5.82 Å². The van der Waals surface area contributed by atoms with E-state index in [1.54, 1.807) is 19.1 Å². The van der Waals surface area contributed by atoms with Gasteiger partial charge in [0.05, 0.1) is 17.3 Å². The summed E-state index contributed by atoms with van der Waals surface area (Å²) in [5.74, 6) is -0.746. The van der Waals surface area contributed by atoms with E-state index >= 15 is 0 Å². The number of alkyl halides is 1. The van der Waals surface area contributed by atoms with Gasteiger partial charge in [0.15, 0.2) is 11.5 Å². The molecule has 0 saturated heterocycles. The van der Waals surface area contributed by atoms with Crippen molar-refractivity contribution in [3.8, 4) is 5.69 Å². The van der Waals surface area contributed by atoms with Crippen LogP contribution in [0.25, 0.3) is 5.69 Å². The van der Waals surface area contributed by atoms with Crippen LogP contribution in [0.15, 0.2) is 24.3 Å². The van der Waals surface area contributed by atoms with Crippen LogP contribution in [0.1, 0.15) is 16.2 Å². The van der Waals surface area contributed by atoms with Crippen molar-refractivity contribution in [2.75, 3.05) is 5.88 Å². The summed E-state index contributed by atoms with van der Waals surface area (Å²) in [6, 6.07) is 5.76. The first-order valence-corrected chi connectivity index (χ1v) is 5.44. The highest BCUT2D eigenvalue weighted by molar-refractivity contribution is 6.30. The van der Waals surface area contributed by atoms with Crippen molar-refractivity contribution >= 4 is 17.4 Å². The van der Waals surface area contributed by atoms with Gasteiger partial charge in [0, 0.05) is 0 Å². The molecule has 1 aromatic heterocycles. The third kappa shape index (κ3) is 2.19. The van der Waals surface area contributed by atoms with Crippen LogP contribution >= 0.6 is 11.6 Å². The zero-order valence-corrected chi connectivity index (χ0v) is 9.78. The Bertz CT molecular complexity index is 550. The minimum atomic E-state index is -0.330. The number of halogens is 2. The molecule has 0 saturated carbocycles. The largest absolute Gasteiger partial charge is 0.291 e. The summed E-state index contributed by atoms with van der Waals surface area (Å²) in [5, 5.41) is 7.62. The predicted octanol–water partition coefficient (Wildman–Crippen LogP) is 2.14. The lowest BCUT2D eigenvalue weighted by molar-refractivity contribution is 0.101. The Morgan fingerprint density at radius 2 is 2.06 bits per heavy atom. The zero-order chi connectivity index (χ0) is 12.4. The van der Waals surface area contributed by atoms with E-state index in [1.165, 1.54) is 16.8 Å². The number of aromatic nitrogens is 3. The lowest BCUT2D eigenvalue weighted by atomic mass is 10.2. The summed E-state index contributed by atoms with van der Waals surface area (Å²) in [5.41, 5.74) is 1.47. The van der Waals surface area contributed by atoms with Crippen LogP contribution in [0.4, 0.5) is 4.39 Å². The number of Topliss-reactive ketones (excluding diaryl/α,β-unsaturated/α-hetero) is 1. The maximum absolute atomic E-state index is 12.8. The monoisotopic (exact) mass is 253 g/mol. The summed E-state index contributed by atoms with van der Waals surface area (Å²) in [7, 11) is 0. The summed E-state index contributed by atoms with van der Waals surface area (Å²) in [6.07, 6.45) is 0. The fourth-order valence-electron chi connectivity index (χ4n) is 1.48. The highest BCUT2D eigenvalue weighted by atomic mass is 35.5. The van der Waals surface area contributed by atoms with Gasteiger partial charge in [-0.05, 0) is 31.2 Å². The van der Waals surface area contributed by atoms with Crippen LogP contribution in [0.3, 0.4) is 0 Å². The SMILES string of the molecule is Cc1c(C(=O)CCl)nnn1-c1ccc(F)cc1. The maximum Gasteiger partial charge on any atom is 0.199 e. The Morgan fingerprint density at radius 1 is 1.41 bits per heavy atom. The molecule has 6 heteroatoms. The average molecular weight is 254 g/mol. The summed E-state index contributed by atoms with van der Waals surface area (Å²) in [6.45, 7) is 1.71. The molecule has 0 spiro atoms. The van der Waals surface area contributed by atoms with Crippen LogP contribution in [0, 0.1) is 12.7 Å². The Kier molecular flexibility index (Phi) is 3.19. The normalized spacial score (nSPS) is 10.5. The lowest BCUT2D eigenvalue weighted by Crippen LogP contribution is -2.04. The molecule has 0 amide bonds. The fraction of sp³-hybridized carbons (Fsp3) is 0.182. The molecule has 0 aliphatic carbocycles. The molecule has 0 unspecified atom stereocenters. The molecule has 4 nitrogen and oxygen atoms in total. The third-order valence-corrected chi connectivity index (χ3v) is 2.59. The average Bonchev–Trinajstić information content (AvgIpc) is 2.71. The Hall–Kier alpha value is -1.75. The maximum atomic E-state index is 12.8. The highest BCUT2D eigenvalue weighted by Gasteiger charge is 2.16. The van der Waals surface area contributed by atoms with Gasteiger partial charge < -0.3 is 0 Å². The zero-order valence-electron chi connectivity index (χ0n) is 9.02. The van der Waals surface area contributed by atoms with Crippen molar-refractivity contribution in [1.29, 1.82) is 0 Å². The molecular weight excluding hydrogens is 245 g/mol. The first kappa shape index (κ1) is 11.7. The number of hydrogen-bond donors (Lipinski definition) is 0. The second kappa shape index (κ2) is 4.63. The van der Waals surface area contributed by atoms with Crippen LogP contribution < -0.4 is 0 Å². The van der Waals surface area contributed by atoms with Crippen LogP contribution in [0.5, 0.6) is 0 Å². The fourth-order valence-corrected chi connectivity index (χ4v) is 1.60. The Morgan fingerprint density at radius 3 is 2.65 bits per heavy atom. The van der Waals surface area contributed by atoms with E-state index in [-0.39, 0.29) is 23.2 Å². The lowest BCUT2D eigenvalue weighted by Gasteiger charge is -2.02. The molecule has 1 aromatic carbocycles. The number of carbonyl (C=O) groups excluding carboxylic acids is 1. The van der Waals surface area contributed by atoms with Crippen molar-refractivity contribution < 1.29 is 9.18 Å². The number of hydrogen-bond acceptors (Lipinski definition) is 3. The third-order valence-electron chi connectivity index (χ3n) is 2.35. The predicted molar refractivity (Wildman–Crippen MR) is 61.1 cm³/mol. The molecule has 17 heavy (non-hydrogen) atoms. The van der Waals surface area contributed by atoms with Gasteiger partial charge in [-0.15, -0.1) is 16.7 Å².